The topological polar surface area (TPSA) is 76.1 Å². The highest BCUT2D eigenvalue weighted by Gasteiger charge is 2.20. The van der Waals surface area contributed by atoms with Crippen molar-refractivity contribution in [1.82, 2.24) is 15.3 Å². The van der Waals surface area contributed by atoms with Gasteiger partial charge >= 0.3 is 0 Å². The molecule has 0 aliphatic carbocycles. The van der Waals surface area contributed by atoms with E-state index in [-0.39, 0.29) is 5.91 Å². The Morgan fingerprint density at radius 3 is 2.96 bits per heavy atom. The fourth-order valence-corrected chi connectivity index (χ4v) is 4.55. The van der Waals surface area contributed by atoms with Gasteiger partial charge in [0.15, 0.2) is 5.13 Å². The van der Waals surface area contributed by atoms with Crippen LogP contribution in [0.3, 0.4) is 0 Å². The van der Waals surface area contributed by atoms with E-state index < -0.39 is 0 Å². The molecule has 0 bridgehead atoms. The summed E-state index contributed by atoms with van der Waals surface area (Å²) in [4.78, 5) is 23.0. The van der Waals surface area contributed by atoms with Crippen LogP contribution < -0.4 is 10.6 Å². The Labute approximate surface area is 143 Å². The summed E-state index contributed by atoms with van der Waals surface area (Å²) in [6.07, 6.45) is 4.15. The summed E-state index contributed by atoms with van der Waals surface area (Å²) in [5.41, 5.74) is 0.731. The number of ether oxygens (including phenoxy) is 1. The average Bonchev–Trinajstić information content (AvgIpc) is 3.15. The number of anilines is 1. The molecule has 0 saturated carbocycles. The van der Waals surface area contributed by atoms with Gasteiger partial charge in [-0.25, -0.2) is 9.97 Å². The van der Waals surface area contributed by atoms with Crippen molar-refractivity contribution in [3.05, 3.63) is 26.7 Å². The van der Waals surface area contributed by atoms with Crippen LogP contribution in [0.15, 0.2) is 6.20 Å². The second kappa shape index (κ2) is 7.48. The smallest absolute Gasteiger partial charge is 0.269 e. The highest BCUT2D eigenvalue weighted by atomic mass is 32.1. The number of thiazole rings is 2. The number of amides is 1. The molecule has 1 aliphatic rings. The van der Waals surface area contributed by atoms with E-state index in [9.17, 15) is 4.79 Å². The molecule has 23 heavy (non-hydrogen) atoms. The minimum atomic E-state index is -0.145. The fraction of sp³-hybridized carbons (Fsp3) is 0.533. The number of nitrogens with one attached hydrogen (secondary N) is 2. The van der Waals surface area contributed by atoms with Gasteiger partial charge in [0.25, 0.3) is 5.91 Å². The van der Waals surface area contributed by atoms with Crippen molar-refractivity contribution < 1.29 is 9.53 Å². The van der Waals surface area contributed by atoms with Gasteiger partial charge < -0.3 is 10.1 Å². The molecule has 6 nitrogen and oxygen atoms in total. The zero-order valence-corrected chi connectivity index (χ0v) is 14.9. The van der Waals surface area contributed by atoms with E-state index in [0.29, 0.717) is 22.5 Å². The van der Waals surface area contributed by atoms with Crippen LogP contribution in [-0.2, 0) is 11.3 Å². The maximum absolute atomic E-state index is 12.4. The Morgan fingerprint density at radius 2 is 2.22 bits per heavy atom. The van der Waals surface area contributed by atoms with Crippen LogP contribution in [-0.4, -0.2) is 36.1 Å². The number of piperidine rings is 1. The van der Waals surface area contributed by atoms with Crippen LogP contribution >= 0.6 is 22.7 Å². The van der Waals surface area contributed by atoms with Crippen molar-refractivity contribution in [2.24, 2.45) is 0 Å². The molecule has 1 amide bonds. The first-order valence-electron chi connectivity index (χ1n) is 7.60. The molecule has 8 heteroatoms. The number of hydrogen-bond donors (Lipinski definition) is 2. The molecule has 3 rings (SSSR count). The molecular weight excluding hydrogens is 332 g/mol. The molecule has 2 aromatic heterocycles. The molecule has 124 valence electrons. The highest BCUT2D eigenvalue weighted by molar-refractivity contribution is 7.16. The third-order valence-corrected chi connectivity index (χ3v) is 6.01. The van der Waals surface area contributed by atoms with Gasteiger partial charge in [-0.1, -0.05) is 0 Å². The SMILES string of the molecule is COCc1nc(C)c(C(=O)Nc2ncc(C3CCNCC3)s2)s1. The van der Waals surface area contributed by atoms with Crippen molar-refractivity contribution in [2.45, 2.75) is 32.3 Å². The van der Waals surface area contributed by atoms with Gasteiger partial charge in [0, 0.05) is 18.2 Å². The Balaban J connectivity index is 1.67. The first-order valence-corrected chi connectivity index (χ1v) is 9.23. The minimum absolute atomic E-state index is 0.145. The Bertz CT molecular complexity index is 677. The lowest BCUT2D eigenvalue weighted by atomic mass is 9.97. The van der Waals surface area contributed by atoms with Crippen LogP contribution in [0.5, 0.6) is 0 Å². The predicted molar refractivity (Wildman–Crippen MR) is 92.5 cm³/mol. The number of hydrogen-bond acceptors (Lipinski definition) is 7. The summed E-state index contributed by atoms with van der Waals surface area (Å²) < 4.78 is 5.07. The van der Waals surface area contributed by atoms with Crippen LogP contribution in [0.4, 0.5) is 5.13 Å². The molecular formula is C15H20N4O2S2. The number of methoxy groups -OCH3 is 1. The van der Waals surface area contributed by atoms with Gasteiger partial charge in [0.05, 0.1) is 12.3 Å². The fourth-order valence-electron chi connectivity index (χ4n) is 2.64. The van der Waals surface area contributed by atoms with Crippen LogP contribution in [0.1, 0.15) is 44.0 Å². The number of nitrogens with zero attached hydrogens (tertiary/aromatic N) is 2. The third-order valence-electron chi connectivity index (χ3n) is 3.80. The molecule has 0 radical (unpaired) electrons. The second-order valence-corrected chi connectivity index (χ2v) is 7.65. The minimum Gasteiger partial charge on any atom is -0.378 e. The molecule has 0 unspecified atom stereocenters. The van der Waals surface area contributed by atoms with Crippen LogP contribution in [0.25, 0.3) is 0 Å². The van der Waals surface area contributed by atoms with Gasteiger partial charge in [-0.3, -0.25) is 10.1 Å². The number of carbonyl (C=O) groups is 1. The summed E-state index contributed by atoms with van der Waals surface area (Å²) in [6, 6.07) is 0. The number of aromatic nitrogens is 2. The first-order chi connectivity index (χ1) is 11.2. The molecule has 1 saturated heterocycles. The average molecular weight is 352 g/mol. The summed E-state index contributed by atoms with van der Waals surface area (Å²) in [5, 5.41) is 7.73. The van der Waals surface area contributed by atoms with Crippen molar-refractivity contribution in [2.75, 3.05) is 25.5 Å². The molecule has 2 aromatic rings. The largest absolute Gasteiger partial charge is 0.378 e. The summed E-state index contributed by atoms with van der Waals surface area (Å²) in [6.45, 7) is 4.36. The van der Waals surface area contributed by atoms with Gasteiger partial charge in [-0.05, 0) is 38.8 Å². The summed E-state index contributed by atoms with van der Waals surface area (Å²) in [5.74, 6) is 0.409. The molecule has 2 N–H and O–H groups in total. The van der Waals surface area contributed by atoms with Crippen molar-refractivity contribution in [3.63, 3.8) is 0 Å². The maximum atomic E-state index is 12.4. The van der Waals surface area contributed by atoms with Crippen molar-refractivity contribution in [3.8, 4) is 0 Å². The first kappa shape index (κ1) is 16.5. The lowest BCUT2D eigenvalue weighted by molar-refractivity contribution is 0.103. The van der Waals surface area contributed by atoms with Gasteiger partial charge in [-0.2, -0.15) is 0 Å². The van der Waals surface area contributed by atoms with Crippen molar-refractivity contribution in [1.29, 1.82) is 0 Å². The van der Waals surface area contributed by atoms with E-state index in [1.54, 1.807) is 18.4 Å². The van der Waals surface area contributed by atoms with Gasteiger partial charge in [0.2, 0.25) is 0 Å². The highest BCUT2D eigenvalue weighted by Crippen LogP contribution is 2.32. The monoisotopic (exact) mass is 352 g/mol. The lowest BCUT2D eigenvalue weighted by Gasteiger charge is -2.20. The van der Waals surface area contributed by atoms with E-state index in [2.05, 4.69) is 20.6 Å². The third kappa shape index (κ3) is 3.95. The predicted octanol–water partition coefficient (Wildman–Crippen LogP) is 2.77. The Kier molecular flexibility index (Phi) is 5.37. The lowest BCUT2D eigenvalue weighted by Crippen LogP contribution is -2.26. The molecule has 0 atom stereocenters. The standard InChI is InChI=1S/C15H20N4O2S2/c1-9-13(23-12(18-9)8-21-2)14(20)19-15-17-7-11(22-15)10-3-5-16-6-4-10/h7,10,16H,3-6,8H2,1-2H3,(H,17,19,20). The van der Waals surface area contributed by atoms with Gasteiger partial charge in [0.1, 0.15) is 9.88 Å². The van der Waals surface area contributed by atoms with E-state index >= 15 is 0 Å². The zero-order valence-electron chi connectivity index (χ0n) is 13.2. The number of aryl methyl sites for hydroxylation is 1. The van der Waals surface area contributed by atoms with E-state index in [0.717, 1.165) is 36.6 Å². The van der Waals surface area contributed by atoms with Gasteiger partial charge in [-0.15, -0.1) is 22.7 Å². The molecule has 3 heterocycles. The van der Waals surface area contributed by atoms with Crippen LogP contribution in [0.2, 0.25) is 0 Å². The molecule has 1 fully saturated rings. The summed E-state index contributed by atoms with van der Waals surface area (Å²) >= 11 is 2.94. The number of carbonyl (C=O) groups excluding carboxylic acids is 1. The zero-order chi connectivity index (χ0) is 16.2. The second-order valence-electron chi connectivity index (χ2n) is 5.50. The molecule has 1 aliphatic heterocycles. The van der Waals surface area contributed by atoms with E-state index in [1.807, 2.05) is 13.1 Å². The molecule has 0 aromatic carbocycles. The van der Waals surface area contributed by atoms with Crippen LogP contribution in [0, 0.1) is 6.92 Å². The van der Waals surface area contributed by atoms with Crippen molar-refractivity contribution >= 4 is 33.7 Å². The Hall–Kier alpha value is -1.35. The normalized spacial score (nSPS) is 15.7. The summed E-state index contributed by atoms with van der Waals surface area (Å²) in [7, 11) is 1.62. The quantitative estimate of drug-likeness (QED) is 0.865. The van der Waals surface area contributed by atoms with E-state index in [4.69, 9.17) is 4.74 Å². The molecule has 0 spiro atoms. The number of rotatable bonds is 5. The Morgan fingerprint density at radius 1 is 1.43 bits per heavy atom. The van der Waals surface area contributed by atoms with E-state index in [1.165, 1.54) is 16.2 Å². The maximum Gasteiger partial charge on any atom is 0.269 e.